The van der Waals surface area contributed by atoms with Gasteiger partial charge in [0, 0.05) is 0 Å². The molecule has 3 aromatic rings. The van der Waals surface area contributed by atoms with Gasteiger partial charge in [-0.05, 0) is 41.3 Å². The molecule has 1 atom stereocenters. The number of aryl methyl sites for hydroxylation is 1. The van der Waals surface area contributed by atoms with Crippen molar-refractivity contribution in [3.8, 4) is 0 Å². The van der Waals surface area contributed by atoms with Crippen molar-refractivity contribution in [1.82, 2.24) is 14.9 Å². The minimum absolute atomic E-state index is 0.151. The third-order valence-electron chi connectivity index (χ3n) is 3.76. The van der Waals surface area contributed by atoms with Gasteiger partial charge in [0.25, 0.3) is 0 Å². The standard InChI is InChI=1S/C17H19N3S/c1-3-7-15-17(21-20-19-15)16(18-2)14-11-6-9-12-8-4-5-10-13(12)14/h4-6,8-11,16,18H,3,7H2,1-2H3. The van der Waals surface area contributed by atoms with Gasteiger partial charge in [-0.2, -0.15) is 0 Å². The van der Waals surface area contributed by atoms with Gasteiger partial charge in [0.2, 0.25) is 0 Å². The van der Waals surface area contributed by atoms with Crippen LogP contribution in [-0.4, -0.2) is 16.6 Å². The van der Waals surface area contributed by atoms with E-state index in [1.807, 2.05) is 7.05 Å². The summed E-state index contributed by atoms with van der Waals surface area (Å²) in [6, 6.07) is 15.1. The molecule has 0 aliphatic carbocycles. The van der Waals surface area contributed by atoms with Crippen molar-refractivity contribution in [2.45, 2.75) is 25.8 Å². The highest BCUT2D eigenvalue weighted by Crippen LogP contribution is 2.32. The van der Waals surface area contributed by atoms with Crippen LogP contribution >= 0.6 is 11.5 Å². The van der Waals surface area contributed by atoms with E-state index < -0.39 is 0 Å². The lowest BCUT2D eigenvalue weighted by Crippen LogP contribution is -2.18. The summed E-state index contributed by atoms with van der Waals surface area (Å²) in [6.45, 7) is 2.18. The number of hydrogen-bond acceptors (Lipinski definition) is 4. The molecule has 2 aromatic carbocycles. The Balaban J connectivity index is 2.12. The van der Waals surface area contributed by atoms with E-state index in [0.717, 1.165) is 18.5 Å². The second-order valence-corrected chi connectivity index (χ2v) is 5.91. The average Bonchev–Trinajstić information content (AvgIpc) is 2.97. The van der Waals surface area contributed by atoms with E-state index in [1.54, 1.807) is 0 Å². The van der Waals surface area contributed by atoms with Crippen molar-refractivity contribution >= 4 is 22.3 Å². The predicted molar refractivity (Wildman–Crippen MR) is 88.8 cm³/mol. The van der Waals surface area contributed by atoms with Crippen LogP contribution in [0.3, 0.4) is 0 Å². The first-order chi connectivity index (χ1) is 10.3. The molecule has 0 radical (unpaired) electrons. The molecule has 3 nitrogen and oxygen atoms in total. The SMILES string of the molecule is CCCc1nnsc1C(NC)c1cccc2ccccc12. The Bertz CT molecular complexity index is 730. The molecule has 1 unspecified atom stereocenters. The van der Waals surface area contributed by atoms with E-state index in [2.05, 4.69) is 64.3 Å². The van der Waals surface area contributed by atoms with Crippen molar-refractivity contribution in [2.75, 3.05) is 7.05 Å². The fourth-order valence-electron chi connectivity index (χ4n) is 2.77. The second kappa shape index (κ2) is 6.33. The zero-order valence-corrected chi connectivity index (χ0v) is 13.2. The number of rotatable bonds is 5. The highest BCUT2D eigenvalue weighted by molar-refractivity contribution is 7.05. The van der Waals surface area contributed by atoms with Crippen LogP contribution in [0.15, 0.2) is 42.5 Å². The molecule has 108 valence electrons. The van der Waals surface area contributed by atoms with Gasteiger partial charge in [-0.3, -0.25) is 0 Å². The Morgan fingerprint density at radius 2 is 1.95 bits per heavy atom. The quantitative estimate of drug-likeness (QED) is 0.775. The summed E-state index contributed by atoms with van der Waals surface area (Å²) in [6.07, 6.45) is 2.07. The molecule has 1 aromatic heterocycles. The molecule has 0 saturated carbocycles. The highest BCUT2D eigenvalue weighted by atomic mass is 32.1. The third kappa shape index (κ3) is 2.69. The summed E-state index contributed by atoms with van der Waals surface area (Å²) in [5.41, 5.74) is 2.41. The Morgan fingerprint density at radius 3 is 2.76 bits per heavy atom. The summed E-state index contributed by atoms with van der Waals surface area (Å²) < 4.78 is 4.17. The molecule has 0 fully saturated rings. The monoisotopic (exact) mass is 297 g/mol. The first-order valence-electron chi connectivity index (χ1n) is 7.31. The lowest BCUT2D eigenvalue weighted by molar-refractivity contribution is 0.693. The molecule has 3 rings (SSSR count). The van der Waals surface area contributed by atoms with Crippen LogP contribution in [0.5, 0.6) is 0 Å². The smallest absolute Gasteiger partial charge is 0.0807 e. The number of nitrogens with zero attached hydrogens (tertiary/aromatic N) is 2. The van der Waals surface area contributed by atoms with Gasteiger partial charge in [0.1, 0.15) is 0 Å². The first kappa shape index (κ1) is 14.2. The fraction of sp³-hybridized carbons (Fsp3) is 0.294. The molecule has 0 aliphatic rings. The third-order valence-corrected chi connectivity index (χ3v) is 4.59. The summed E-state index contributed by atoms with van der Waals surface area (Å²) >= 11 is 1.50. The minimum atomic E-state index is 0.151. The summed E-state index contributed by atoms with van der Waals surface area (Å²) in [7, 11) is 2.00. The van der Waals surface area contributed by atoms with E-state index >= 15 is 0 Å². The molecule has 0 spiro atoms. The van der Waals surface area contributed by atoms with Crippen molar-refractivity contribution in [3.05, 3.63) is 58.6 Å². The second-order valence-electron chi connectivity index (χ2n) is 5.12. The predicted octanol–water partition coefficient (Wildman–Crippen LogP) is 3.95. The van der Waals surface area contributed by atoms with Crippen molar-refractivity contribution in [3.63, 3.8) is 0 Å². The van der Waals surface area contributed by atoms with Gasteiger partial charge in [-0.1, -0.05) is 60.3 Å². The molecule has 0 aliphatic heterocycles. The summed E-state index contributed by atoms with van der Waals surface area (Å²) in [5, 5.41) is 10.3. The topological polar surface area (TPSA) is 37.8 Å². The average molecular weight is 297 g/mol. The molecule has 4 heteroatoms. The van der Waals surface area contributed by atoms with Crippen LogP contribution in [0.1, 0.15) is 35.5 Å². The van der Waals surface area contributed by atoms with Crippen LogP contribution in [0.25, 0.3) is 10.8 Å². The molecule has 21 heavy (non-hydrogen) atoms. The minimum Gasteiger partial charge on any atom is -0.309 e. The summed E-state index contributed by atoms with van der Waals surface area (Å²) in [4.78, 5) is 1.23. The van der Waals surface area contributed by atoms with Gasteiger partial charge in [0.05, 0.1) is 16.6 Å². The number of nitrogens with one attached hydrogen (secondary N) is 1. The molecule has 1 heterocycles. The van der Waals surface area contributed by atoms with E-state index in [-0.39, 0.29) is 6.04 Å². The number of benzene rings is 2. The van der Waals surface area contributed by atoms with Crippen LogP contribution < -0.4 is 5.32 Å². The van der Waals surface area contributed by atoms with Crippen molar-refractivity contribution in [1.29, 1.82) is 0 Å². The Kier molecular flexibility index (Phi) is 4.27. The van der Waals surface area contributed by atoms with Crippen LogP contribution in [0.2, 0.25) is 0 Å². The largest absolute Gasteiger partial charge is 0.309 e. The molecule has 1 N–H and O–H groups in total. The van der Waals surface area contributed by atoms with Gasteiger partial charge >= 0.3 is 0 Å². The first-order valence-corrected chi connectivity index (χ1v) is 8.08. The van der Waals surface area contributed by atoms with Gasteiger partial charge in [0.15, 0.2) is 0 Å². The summed E-state index contributed by atoms with van der Waals surface area (Å²) in [5.74, 6) is 0. The molecule has 0 saturated heterocycles. The van der Waals surface area contributed by atoms with Crippen LogP contribution in [0.4, 0.5) is 0 Å². The van der Waals surface area contributed by atoms with Gasteiger partial charge < -0.3 is 5.32 Å². The lowest BCUT2D eigenvalue weighted by Gasteiger charge is -2.18. The Labute approximate surface area is 129 Å². The van der Waals surface area contributed by atoms with Gasteiger partial charge in [-0.25, -0.2) is 0 Å². The van der Waals surface area contributed by atoms with Gasteiger partial charge in [-0.15, -0.1) is 5.10 Å². The maximum Gasteiger partial charge on any atom is 0.0807 e. The maximum absolute atomic E-state index is 4.31. The molecular weight excluding hydrogens is 278 g/mol. The number of aromatic nitrogens is 2. The Hall–Kier alpha value is -1.78. The zero-order valence-electron chi connectivity index (χ0n) is 12.3. The van der Waals surface area contributed by atoms with E-state index in [9.17, 15) is 0 Å². The highest BCUT2D eigenvalue weighted by Gasteiger charge is 2.20. The maximum atomic E-state index is 4.31. The van der Waals surface area contributed by atoms with Crippen molar-refractivity contribution in [2.24, 2.45) is 0 Å². The zero-order chi connectivity index (χ0) is 14.7. The van der Waals surface area contributed by atoms with Crippen LogP contribution in [-0.2, 0) is 6.42 Å². The van der Waals surface area contributed by atoms with E-state index in [1.165, 1.54) is 32.7 Å². The van der Waals surface area contributed by atoms with Crippen molar-refractivity contribution < 1.29 is 0 Å². The Morgan fingerprint density at radius 1 is 1.14 bits per heavy atom. The lowest BCUT2D eigenvalue weighted by atomic mass is 9.96. The normalized spacial score (nSPS) is 12.7. The molecule has 0 amide bonds. The number of fused-ring (bicyclic) bond motifs is 1. The van der Waals surface area contributed by atoms with Crippen LogP contribution in [0, 0.1) is 0 Å². The molecular formula is C17H19N3S. The number of hydrogen-bond donors (Lipinski definition) is 1. The fourth-order valence-corrected chi connectivity index (χ4v) is 3.60. The van der Waals surface area contributed by atoms with E-state index in [4.69, 9.17) is 0 Å². The molecule has 0 bridgehead atoms. The van der Waals surface area contributed by atoms with E-state index in [0.29, 0.717) is 0 Å².